The van der Waals surface area contributed by atoms with Crippen LogP contribution in [-0.2, 0) is 20.8 Å². The van der Waals surface area contributed by atoms with Crippen molar-refractivity contribution in [1.29, 1.82) is 0 Å². The van der Waals surface area contributed by atoms with Gasteiger partial charge in [0.15, 0.2) is 0 Å². The summed E-state index contributed by atoms with van der Waals surface area (Å²) in [6.07, 6.45) is -0.597. The number of nitrogens with zero attached hydrogens (tertiary/aromatic N) is 2. The van der Waals surface area contributed by atoms with Crippen LogP contribution in [0.2, 0.25) is 0 Å². The largest absolute Gasteiger partial charge is 0.465 e. The Morgan fingerprint density at radius 3 is 2.56 bits per heavy atom. The van der Waals surface area contributed by atoms with Gasteiger partial charge in [-0.2, -0.15) is 5.10 Å². The number of fused-ring (bicyclic) bond motifs is 1. The van der Waals surface area contributed by atoms with Crippen LogP contribution in [-0.4, -0.2) is 34.1 Å². The van der Waals surface area contributed by atoms with Gasteiger partial charge < -0.3 is 9.47 Å². The van der Waals surface area contributed by atoms with Crippen molar-refractivity contribution in [3.63, 3.8) is 0 Å². The van der Waals surface area contributed by atoms with E-state index in [-0.39, 0.29) is 19.1 Å². The number of nitrogens with one attached hydrogen (secondary N) is 1. The van der Waals surface area contributed by atoms with E-state index in [0.29, 0.717) is 20.8 Å². The summed E-state index contributed by atoms with van der Waals surface area (Å²) < 4.78 is 11.7. The molecule has 1 N–H and O–H groups in total. The van der Waals surface area contributed by atoms with Crippen molar-refractivity contribution < 1.29 is 19.1 Å². The van der Waals surface area contributed by atoms with E-state index in [1.807, 2.05) is 13.8 Å². The van der Waals surface area contributed by atoms with E-state index in [2.05, 4.69) is 10.4 Å². The van der Waals surface area contributed by atoms with E-state index in [1.165, 1.54) is 0 Å². The topological polar surface area (TPSA) is 99.5 Å². The summed E-state index contributed by atoms with van der Waals surface area (Å²) in [5, 5.41) is 8.13. The highest BCUT2D eigenvalue weighted by molar-refractivity contribution is 7.22. The lowest BCUT2D eigenvalue weighted by atomic mass is 10.1. The van der Waals surface area contributed by atoms with Gasteiger partial charge in [-0.05, 0) is 39.7 Å². The zero-order valence-electron chi connectivity index (χ0n) is 16.4. The van der Waals surface area contributed by atoms with Gasteiger partial charge >= 0.3 is 12.1 Å². The first-order chi connectivity index (χ1) is 12.5. The van der Waals surface area contributed by atoms with Crippen LogP contribution in [0.4, 0.5) is 9.80 Å². The second-order valence-electron chi connectivity index (χ2n) is 7.29. The maximum atomic E-state index is 12.7. The minimum absolute atomic E-state index is 0.0190. The number of hydrogen-bond acceptors (Lipinski definition) is 7. The molecule has 0 aliphatic carbocycles. The van der Waals surface area contributed by atoms with Crippen molar-refractivity contribution in [2.75, 3.05) is 11.9 Å². The van der Waals surface area contributed by atoms with Crippen LogP contribution < -0.4 is 10.9 Å². The number of thiophene rings is 1. The van der Waals surface area contributed by atoms with E-state index in [9.17, 15) is 14.4 Å². The van der Waals surface area contributed by atoms with Gasteiger partial charge in [0.1, 0.15) is 16.8 Å². The third-order valence-corrected chi connectivity index (χ3v) is 4.46. The molecule has 0 atom stereocenters. The molecule has 0 radical (unpaired) electrons. The number of amides is 1. The molecular weight excluding hydrogens is 370 g/mol. The molecule has 9 heteroatoms. The first-order valence-corrected chi connectivity index (χ1v) is 9.53. The zero-order chi connectivity index (χ0) is 20.4. The van der Waals surface area contributed by atoms with Gasteiger partial charge in [-0.15, -0.1) is 11.3 Å². The molecule has 2 aromatic rings. The third-order valence-electron chi connectivity index (χ3n) is 3.42. The van der Waals surface area contributed by atoms with Crippen molar-refractivity contribution in [2.45, 2.75) is 59.6 Å². The van der Waals surface area contributed by atoms with Gasteiger partial charge in [-0.25, -0.2) is 9.48 Å². The number of anilines is 1. The summed E-state index contributed by atoms with van der Waals surface area (Å²) in [6.45, 7) is 10.9. The SMILES string of the molecule is CCOC(=O)Cn1nc(C(C)C)c2cc(NC(=O)OC(C)(C)C)sc2c1=O. The Morgan fingerprint density at radius 1 is 1.33 bits per heavy atom. The molecule has 2 heterocycles. The van der Waals surface area contributed by atoms with Gasteiger partial charge in [0.25, 0.3) is 5.56 Å². The van der Waals surface area contributed by atoms with E-state index in [4.69, 9.17) is 9.47 Å². The fraction of sp³-hybridized carbons (Fsp3) is 0.556. The molecule has 0 bridgehead atoms. The number of carbonyl (C=O) groups is 2. The Morgan fingerprint density at radius 2 is 2.00 bits per heavy atom. The fourth-order valence-corrected chi connectivity index (χ4v) is 3.41. The van der Waals surface area contributed by atoms with Gasteiger partial charge in [-0.3, -0.25) is 14.9 Å². The number of ether oxygens (including phenoxy) is 2. The minimum atomic E-state index is -0.627. The van der Waals surface area contributed by atoms with E-state index in [1.54, 1.807) is 33.8 Å². The second-order valence-corrected chi connectivity index (χ2v) is 8.34. The van der Waals surface area contributed by atoms with Crippen molar-refractivity contribution >= 4 is 38.5 Å². The summed E-state index contributed by atoms with van der Waals surface area (Å²) >= 11 is 1.13. The Bertz CT molecular complexity index is 908. The van der Waals surface area contributed by atoms with Crippen LogP contribution in [0.3, 0.4) is 0 Å². The highest BCUT2D eigenvalue weighted by Gasteiger charge is 2.21. The molecular formula is C18H25N3O5S. The average Bonchev–Trinajstić information content (AvgIpc) is 2.91. The van der Waals surface area contributed by atoms with Gasteiger partial charge in [0.05, 0.1) is 17.3 Å². The van der Waals surface area contributed by atoms with Crippen LogP contribution in [0.25, 0.3) is 10.1 Å². The lowest BCUT2D eigenvalue weighted by Crippen LogP contribution is -2.28. The van der Waals surface area contributed by atoms with Crippen LogP contribution in [0.1, 0.15) is 53.2 Å². The smallest absolute Gasteiger partial charge is 0.412 e. The lowest BCUT2D eigenvalue weighted by molar-refractivity contribution is -0.144. The molecule has 27 heavy (non-hydrogen) atoms. The molecule has 2 aromatic heterocycles. The van der Waals surface area contributed by atoms with Crippen molar-refractivity contribution in [3.05, 3.63) is 22.1 Å². The third kappa shape index (κ3) is 5.29. The van der Waals surface area contributed by atoms with E-state index in [0.717, 1.165) is 16.0 Å². The first-order valence-electron chi connectivity index (χ1n) is 8.72. The Balaban J connectivity index is 2.44. The van der Waals surface area contributed by atoms with Crippen molar-refractivity contribution in [1.82, 2.24) is 9.78 Å². The lowest BCUT2D eigenvalue weighted by Gasteiger charge is -2.19. The van der Waals surface area contributed by atoms with Gasteiger partial charge in [0.2, 0.25) is 0 Å². The molecule has 0 saturated carbocycles. The van der Waals surface area contributed by atoms with Crippen LogP contribution in [0.5, 0.6) is 0 Å². The normalized spacial score (nSPS) is 11.7. The predicted molar refractivity (Wildman–Crippen MR) is 104 cm³/mol. The van der Waals surface area contributed by atoms with E-state index < -0.39 is 23.2 Å². The second kappa shape index (κ2) is 8.08. The van der Waals surface area contributed by atoms with Crippen LogP contribution in [0, 0.1) is 0 Å². The maximum Gasteiger partial charge on any atom is 0.412 e. The van der Waals surface area contributed by atoms with Gasteiger partial charge in [-0.1, -0.05) is 13.8 Å². The fourth-order valence-electron chi connectivity index (χ4n) is 2.42. The predicted octanol–water partition coefficient (Wildman–Crippen LogP) is 3.49. The van der Waals surface area contributed by atoms with E-state index >= 15 is 0 Å². The van der Waals surface area contributed by atoms with Crippen LogP contribution >= 0.6 is 11.3 Å². The van der Waals surface area contributed by atoms with Crippen molar-refractivity contribution in [3.8, 4) is 0 Å². The number of hydrogen-bond donors (Lipinski definition) is 1. The molecule has 0 saturated heterocycles. The summed E-state index contributed by atoms with van der Waals surface area (Å²) in [6, 6.07) is 1.71. The molecule has 0 spiro atoms. The maximum absolute atomic E-state index is 12.7. The number of aromatic nitrogens is 2. The van der Waals surface area contributed by atoms with Gasteiger partial charge in [0, 0.05) is 5.39 Å². The summed E-state index contributed by atoms with van der Waals surface area (Å²) in [5.41, 5.74) is -0.357. The summed E-state index contributed by atoms with van der Waals surface area (Å²) in [7, 11) is 0. The highest BCUT2D eigenvalue weighted by Crippen LogP contribution is 2.32. The number of rotatable bonds is 5. The highest BCUT2D eigenvalue weighted by atomic mass is 32.1. The van der Waals surface area contributed by atoms with Crippen LogP contribution in [0.15, 0.2) is 10.9 Å². The Labute approximate surface area is 161 Å². The average molecular weight is 395 g/mol. The minimum Gasteiger partial charge on any atom is -0.465 e. The monoisotopic (exact) mass is 395 g/mol. The summed E-state index contributed by atoms with van der Waals surface area (Å²) in [4.78, 5) is 36.5. The molecule has 0 aromatic carbocycles. The number of carbonyl (C=O) groups excluding carboxylic acids is 2. The molecule has 0 unspecified atom stereocenters. The molecule has 2 rings (SSSR count). The molecule has 148 valence electrons. The zero-order valence-corrected chi connectivity index (χ0v) is 17.2. The standard InChI is InChI=1S/C18H25N3O5S/c1-7-25-13(22)9-21-16(23)15-11(14(20-21)10(2)3)8-12(27-15)19-17(24)26-18(4,5)6/h8,10H,7,9H2,1-6H3,(H,19,24). The summed E-state index contributed by atoms with van der Waals surface area (Å²) in [5.74, 6) is -0.504. The molecule has 0 fully saturated rings. The number of esters is 1. The first kappa shape index (κ1) is 20.9. The Kier molecular flexibility index (Phi) is 6.25. The molecule has 1 amide bonds. The molecule has 8 nitrogen and oxygen atoms in total. The Hall–Kier alpha value is -2.42. The molecule has 0 aliphatic heterocycles. The van der Waals surface area contributed by atoms with Crippen molar-refractivity contribution in [2.24, 2.45) is 0 Å². The molecule has 0 aliphatic rings. The quantitative estimate of drug-likeness (QED) is 0.778.